The summed E-state index contributed by atoms with van der Waals surface area (Å²) in [5.41, 5.74) is 6.35. The first-order chi connectivity index (χ1) is 17.1. The van der Waals surface area contributed by atoms with Crippen molar-refractivity contribution < 1.29 is 9.53 Å². The summed E-state index contributed by atoms with van der Waals surface area (Å²) in [6, 6.07) is 25.7. The van der Waals surface area contributed by atoms with Crippen molar-refractivity contribution in [3.05, 3.63) is 95.6 Å². The highest BCUT2D eigenvalue weighted by atomic mass is 16.5. The second-order valence-corrected chi connectivity index (χ2v) is 8.66. The third-order valence-electron chi connectivity index (χ3n) is 6.64. The Bertz CT molecular complexity index is 1370. The molecule has 0 radical (unpaired) electrons. The number of hydrogen-bond donors (Lipinski definition) is 1. The van der Waals surface area contributed by atoms with E-state index in [0.717, 1.165) is 52.6 Å². The molecule has 35 heavy (non-hydrogen) atoms. The summed E-state index contributed by atoms with van der Waals surface area (Å²) in [4.78, 5) is 20.6. The van der Waals surface area contributed by atoms with Crippen molar-refractivity contribution in [1.82, 2.24) is 9.55 Å². The minimum Gasteiger partial charge on any atom is -0.457 e. The molecule has 0 bridgehead atoms. The maximum atomic E-state index is 13.5. The molecule has 0 saturated carbocycles. The lowest BCUT2D eigenvalue weighted by molar-refractivity contribution is -0.140. The minimum absolute atomic E-state index is 0.224. The maximum absolute atomic E-state index is 13.5. The molecule has 1 N–H and O–H groups in total. The molecule has 3 aromatic carbocycles. The predicted molar refractivity (Wildman–Crippen MR) is 141 cm³/mol. The molecule has 0 aliphatic carbocycles. The van der Waals surface area contributed by atoms with Gasteiger partial charge in [0.1, 0.15) is 6.61 Å². The van der Waals surface area contributed by atoms with Crippen molar-refractivity contribution in [3.63, 3.8) is 0 Å². The smallest absolute Gasteiger partial charge is 0.338 e. The van der Waals surface area contributed by atoms with E-state index in [1.807, 2.05) is 66.1 Å². The molecule has 178 valence electrons. The topological polar surface area (TPSA) is 59.4 Å². The number of nitrogens with one attached hydrogen (secondary N) is 1. The number of esters is 1. The Labute approximate surface area is 205 Å². The van der Waals surface area contributed by atoms with Gasteiger partial charge in [-0.1, -0.05) is 54.6 Å². The normalized spacial score (nSPS) is 15.0. The summed E-state index contributed by atoms with van der Waals surface area (Å²) in [5, 5.41) is 3.52. The fourth-order valence-electron chi connectivity index (χ4n) is 4.78. The van der Waals surface area contributed by atoms with Crippen LogP contribution in [0.4, 0.5) is 11.6 Å². The first kappa shape index (κ1) is 22.7. The van der Waals surface area contributed by atoms with Crippen molar-refractivity contribution in [2.24, 2.45) is 0 Å². The van der Waals surface area contributed by atoms with Crippen LogP contribution >= 0.6 is 0 Å². The van der Waals surface area contributed by atoms with Crippen LogP contribution in [-0.4, -0.2) is 28.6 Å². The van der Waals surface area contributed by atoms with Crippen LogP contribution in [0.15, 0.2) is 84.4 Å². The molecule has 1 unspecified atom stereocenters. The molecule has 1 aromatic heterocycles. The van der Waals surface area contributed by atoms with Gasteiger partial charge < -0.3 is 15.0 Å². The van der Waals surface area contributed by atoms with Crippen molar-refractivity contribution in [2.45, 2.75) is 33.4 Å². The first-order valence-corrected chi connectivity index (χ1v) is 12.1. The third-order valence-corrected chi connectivity index (χ3v) is 6.64. The Balaban J connectivity index is 1.55. The molecule has 2 heterocycles. The molecule has 1 aliphatic rings. The Morgan fingerprint density at radius 2 is 1.66 bits per heavy atom. The van der Waals surface area contributed by atoms with E-state index in [2.05, 4.69) is 48.3 Å². The van der Waals surface area contributed by atoms with Gasteiger partial charge in [0.15, 0.2) is 0 Å². The summed E-state index contributed by atoms with van der Waals surface area (Å²) in [6.45, 7) is 8.38. The van der Waals surface area contributed by atoms with Gasteiger partial charge in [0.2, 0.25) is 5.95 Å². The average molecular weight is 467 g/mol. The first-order valence-electron chi connectivity index (χ1n) is 12.1. The van der Waals surface area contributed by atoms with E-state index in [1.54, 1.807) is 0 Å². The van der Waals surface area contributed by atoms with E-state index in [1.165, 1.54) is 0 Å². The Hall–Kier alpha value is -4.06. The highest BCUT2D eigenvalue weighted by Gasteiger charge is 2.33. The molecule has 0 saturated heterocycles. The van der Waals surface area contributed by atoms with Gasteiger partial charge in [0.05, 0.1) is 22.6 Å². The molecular formula is C29H30N4O2. The van der Waals surface area contributed by atoms with Gasteiger partial charge in [-0.3, -0.25) is 4.57 Å². The van der Waals surface area contributed by atoms with Gasteiger partial charge >= 0.3 is 5.97 Å². The third kappa shape index (κ3) is 4.28. The van der Waals surface area contributed by atoms with Gasteiger partial charge in [0, 0.05) is 24.5 Å². The molecular weight excluding hydrogens is 436 g/mol. The molecule has 5 rings (SSSR count). The van der Waals surface area contributed by atoms with Gasteiger partial charge in [-0.15, -0.1) is 0 Å². The molecule has 6 nitrogen and oxygen atoms in total. The van der Waals surface area contributed by atoms with Gasteiger partial charge in [-0.25, -0.2) is 9.78 Å². The lowest BCUT2D eigenvalue weighted by Gasteiger charge is -2.30. The summed E-state index contributed by atoms with van der Waals surface area (Å²) in [5.74, 6) is 0.390. The molecule has 1 aliphatic heterocycles. The number of rotatable bonds is 7. The number of allylic oxidation sites excluding steroid dienone is 1. The van der Waals surface area contributed by atoms with Crippen LogP contribution in [0.25, 0.3) is 16.7 Å². The number of benzene rings is 3. The summed E-state index contributed by atoms with van der Waals surface area (Å²) < 4.78 is 7.82. The van der Waals surface area contributed by atoms with Crippen molar-refractivity contribution in [3.8, 4) is 0 Å². The molecule has 0 amide bonds. The lowest BCUT2D eigenvalue weighted by Crippen LogP contribution is -2.28. The largest absolute Gasteiger partial charge is 0.457 e. The molecule has 0 spiro atoms. The van der Waals surface area contributed by atoms with E-state index >= 15 is 0 Å². The van der Waals surface area contributed by atoms with Crippen LogP contribution in [0.5, 0.6) is 0 Å². The standard InChI is InChI=1S/C29H30N4O2/c1-4-32(5-2)23-17-15-22(16-18-23)27-26(28(34)35-19-21-11-7-6-8-12-21)20(3)33-25-14-10-9-13-24(25)30-29(33)31-27/h6-18,27H,4-5,19H2,1-3H3,(H,30,31). The zero-order valence-corrected chi connectivity index (χ0v) is 20.4. The zero-order chi connectivity index (χ0) is 24.4. The Morgan fingerprint density at radius 1 is 0.971 bits per heavy atom. The average Bonchev–Trinajstić information content (AvgIpc) is 3.28. The van der Waals surface area contributed by atoms with Crippen molar-refractivity contribution >= 4 is 34.3 Å². The number of para-hydroxylation sites is 2. The minimum atomic E-state index is -0.367. The molecule has 0 fully saturated rings. The SMILES string of the molecule is CCN(CC)c1ccc(C2Nc3nc4ccccc4n3C(C)=C2C(=O)OCc2ccccc2)cc1. The molecule has 1 atom stereocenters. The van der Waals surface area contributed by atoms with E-state index in [-0.39, 0.29) is 18.6 Å². The number of hydrogen-bond acceptors (Lipinski definition) is 5. The Kier molecular flexibility index (Phi) is 6.27. The Morgan fingerprint density at radius 3 is 2.37 bits per heavy atom. The van der Waals surface area contributed by atoms with Crippen molar-refractivity contribution in [2.75, 3.05) is 23.3 Å². The summed E-state index contributed by atoms with van der Waals surface area (Å²) in [7, 11) is 0. The second-order valence-electron chi connectivity index (χ2n) is 8.66. The van der Waals surface area contributed by atoms with Crippen LogP contribution in [0.1, 0.15) is 37.9 Å². The fourth-order valence-corrected chi connectivity index (χ4v) is 4.78. The highest BCUT2D eigenvalue weighted by Crippen LogP contribution is 2.39. The number of fused-ring (bicyclic) bond motifs is 3. The fraction of sp³-hybridized carbons (Fsp3) is 0.241. The maximum Gasteiger partial charge on any atom is 0.338 e. The molecule has 6 heteroatoms. The monoisotopic (exact) mass is 466 g/mol. The van der Waals surface area contributed by atoms with Gasteiger partial charge in [-0.05, 0) is 56.2 Å². The number of ether oxygens (including phenoxy) is 1. The van der Waals surface area contributed by atoms with Crippen LogP contribution in [0, 0.1) is 0 Å². The van der Waals surface area contributed by atoms with Gasteiger partial charge in [-0.2, -0.15) is 0 Å². The van der Waals surface area contributed by atoms with E-state index in [0.29, 0.717) is 5.57 Å². The number of anilines is 2. The van der Waals surface area contributed by atoms with E-state index in [9.17, 15) is 4.79 Å². The number of imidazole rings is 1. The molecule has 4 aromatic rings. The quantitative estimate of drug-likeness (QED) is 0.337. The van der Waals surface area contributed by atoms with Crippen LogP contribution in [0.2, 0.25) is 0 Å². The van der Waals surface area contributed by atoms with Crippen LogP contribution in [-0.2, 0) is 16.1 Å². The van der Waals surface area contributed by atoms with E-state index in [4.69, 9.17) is 9.72 Å². The van der Waals surface area contributed by atoms with Crippen LogP contribution < -0.4 is 10.2 Å². The zero-order valence-electron chi connectivity index (χ0n) is 20.4. The number of carbonyl (C=O) groups excluding carboxylic acids is 1. The number of nitrogens with zero attached hydrogens (tertiary/aromatic N) is 3. The van der Waals surface area contributed by atoms with Gasteiger partial charge in [0.25, 0.3) is 0 Å². The van der Waals surface area contributed by atoms with E-state index < -0.39 is 0 Å². The lowest BCUT2D eigenvalue weighted by atomic mass is 9.95. The summed E-state index contributed by atoms with van der Waals surface area (Å²) in [6.07, 6.45) is 0. The predicted octanol–water partition coefficient (Wildman–Crippen LogP) is 6.02. The second kappa shape index (κ2) is 9.66. The summed E-state index contributed by atoms with van der Waals surface area (Å²) >= 11 is 0. The number of aromatic nitrogens is 2. The highest BCUT2D eigenvalue weighted by molar-refractivity contribution is 6.00. The number of carbonyl (C=O) groups is 1. The van der Waals surface area contributed by atoms with Crippen molar-refractivity contribution in [1.29, 1.82) is 0 Å². The van der Waals surface area contributed by atoms with Crippen LogP contribution in [0.3, 0.4) is 0 Å².